The van der Waals surface area contributed by atoms with Gasteiger partial charge in [0.25, 0.3) is 5.91 Å². The summed E-state index contributed by atoms with van der Waals surface area (Å²) in [6.07, 6.45) is 6.83. The number of rotatable bonds is 6. The highest BCUT2D eigenvalue weighted by Crippen LogP contribution is 2.22. The Morgan fingerprint density at radius 2 is 1.86 bits per heavy atom. The number of carbonyl (C=O) groups is 2. The molecule has 0 unspecified atom stereocenters. The third-order valence-electron chi connectivity index (χ3n) is 3.48. The van der Waals surface area contributed by atoms with Gasteiger partial charge in [-0.15, -0.1) is 12.3 Å². The lowest BCUT2D eigenvalue weighted by Gasteiger charge is -2.19. The zero-order chi connectivity index (χ0) is 16.8. The molecule has 0 aliphatic heterocycles. The van der Waals surface area contributed by atoms with Gasteiger partial charge in [-0.25, -0.2) is 0 Å². The number of amides is 2. The van der Waals surface area contributed by atoms with Crippen LogP contribution in [0.2, 0.25) is 0 Å². The van der Waals surface area contributed by atoms with E-state index < -0.39 is 11.9 Å². The third-order valence-corrected chi connectivity index (χ3v) is 3.48. The maximum Gasteiger partial charge on any atom is 0.251 e. The van der Waals surface area contributed by atoms with E-state index >= 15 is 0 Å². The van der Waals surface area contributed by atoms with Gasteiger partial charge in [0, 0.05) is 12.0 Å². The number of hydrogen-bond acceptors (Lipinski definition) is 2. The Balaban J connectivity index is 2.74. The lowest BCUT2D eigenvalue weighted by atomic mass is 9.86. The summed E-state index contributed by atoms with van der Waals surface area (Å²) in [4.78, 5) is 23.6. The monoisotopic (exact) mass is 300 g/mol. The number of primary amides is 1. The summed E-state index contributed by atoms with van der Waals surface area (Å²) in [6.45, 7) is 6.32. The van der Waals surface area contributed by atoms with Crippen molar-refractivity contribution in [2.24, 2.45) is 5.73 Å². The number of nitrogens with two attached hydrogens (primary N) is 1. The number of hydrogen-bond donors (Lipinski definition) is 2. The minimum absolute atomic E-state index is 0.0278. The smallest absolute Gasteiger partial charge is 0.251 e. The zero-order valence-electron chi connectivity index (χ0n) is 13.5. The lowest BCUT2D eigenvalue weighted by Crippen LogP contribution is -2.44. The summed E-state index contributed by atoms with van der Waals surface area (Å²) in [5.74, 6) is 1.66. The fourth-order valence-electron chi connectivity index (χ4n) is 2.06. The van der Waals surface area contributed by atoms with Crippen molar-refractivity contribution < 1.29 is 9.59 Å². The van der Waals surface area contributed by atoms with Crippen LogP contribution in [0.25, 0.3) is 0 Å². The number of unbranched alkanes of at least 4 members (excludes halogenated alkanes) is 1. The molecule has 4 heteroatoms. The van der Waals surface area contributed by atoms with Gasteiger partial charge in [-0.05, 0) is 36.0 Å². The molecule has 0 radical (unpaired) electrons. The molecule has 1 aromatic carbocycles. The van der Waals surface area contributed by atoms with Gasteiger partial charge in [-0.3, -0.25) is 9.59 Å². The fourth-order valence-corrected chi connectivity index (χ4v) is 2.06. The molecule has 118 valence electrons. The van der Waals surface area contributed by atoms with Crippen molar-refractivity contribution in [1.29, 1.82) is 0 Å². The Morgan fingerprint density at radius 3 is 2.32 bits per heavy atom. The van der Waals surface area contributed by atoms with E-state index in [1.807, 2.05) is 12.1 Å². The number of benzene rings is 1. The van der Waals surface area contributed by atoms with E-state index in [1.165, 1.54) is 0 Å². The summed E-state index contributed by atoms with van der Waals surface area (Å²) in [5, 5.41) is 2.67. The van der Waals surface area contributed by atoms with Gasteiger partial charge in [0.1, 0.15) is 6.04 Å². The maximum atomic E-state index is 12.2. The second-order valence-electron chi connectivity index (χ2n) is 6.35. The number of nitrogens with one attached hydrogen (secondary N) is 1. The van der Waals surface area contributed by atoms with Crippen molar-refractivity contribution in [1.82, 2.24) is 5.32 Å². The van der Waals surface area contributed by atoms with Crippen LogP contribution in [0.4, 0.5) is 0 Å². The van der Waals surface area contributed by atoms with Crippen LogP contribution in [0.3, 0.4) is 0 Å². The van der Waals surface area contributed by atoms with Gasteiger partial charge in [0.05, 0.1) is 0 Å². The highest BCUT2D eigenvalue weighted by atomic mass is 16.2. The second kappa shape index (κ2) is 7.65. The summed E-state index contributed by atoms with van der Waals surface area (Å²) >= 11 is 0. The van der Waals surface area contributed by atoms with E-state index in [-0.39, 0.29) is 11.3 Å². The summed E-state index contributed by atoms with van der Waals surface area (Å²) in [7, 11) is 0. The standard InChI is InChI=1S/C18H24N2O2/c1-5-6-7-8-15(16(19)21)20-17(22)13-9-11-14(12-10-13)18(2,3)4/h1,9-12,15H,6-8H2,2-4H3,(H2,19,21)(H,20,22)/t15-/m1/s1. The molecule has 0 saturated carbocycles. The van der Waals surface area contributed by atoms with Gasteiger partial charge >= 0.3 is 0 Å². The first-order valence-electron chi connectivity index (χ1n) is 7.40. The molecule has 0 spiro atoms. The number of terminal acetylenes is 1. The van der Waals surface area contributed by atoms with Crippen molar-refractivity contribution >= 4 is 11.8 Å². The fraction of sp³-hybridized carbons (Fsp3) is 0.444. The maximum absolute atomic E-state index is 12.2. The first kappa shape index (κ1) is 17.8. The van der Waals surface area contributed by atoms with E-state index in [9.17, 15) is 9.59 Å². The summed E-state index contributed by atoms with van der Waals surface area (Å²) in [6, 6.07) is 6.67. The van der Waals surface area contributed by atoms with Crippen molar-refractivity contribution in [2.45, 2.75) is 51.5 Å². The van der Waals surface area contributed by atoms with Gasteiger partial charge < -0.3 is 11.1 Å². The predicted molar refractivity (Wildman–Crippen MR) is 88.3 cm³/mol. The van der Waals surface area contributed by atoms with E-state index in [0.29, 0.717) is 24.8 Å². The Morgan fingerprint density at radius 1 is 1.27 bits per heavy atom. The van der Waals surface area contributed by atoms with E-state index in [2.05, 4.69) is 32.0 Å². The van der Waals surface area contributed by atoms with Crippen LogP contribution in [0, 0.1) is 12.3 Å². The quantitative estimate of drug-likeness (QED) is 0.625. The molecule has 0 bridgehead atoms. The molecule has 0 saturated heterocycles. The average molecular weight is 300 g/mol. The zero-order valence-corrected chi connectivity index (χ0v) is 13.5. The highest BCUT2D eigenvalue weighted by molar-refractivity contribution is 5.97. The average Bonchev–Trinajstić information content (AvgIpc) is 2.45. The minimum Gasteiger partial charge on any atom is -0.368 e. The van der Waals surface area contributed by atoms with Crippen LogP contribution in [0.1, 0.15) is 56.0 Å². The van der Waals surface area contributed by atoms with Crippen molar-refractivity contribution in [3.8, 4) is 12.3 Å². The minimum atomic E-state index is -0.692. The first-order chi connectivity index (χ1) is 10.3. The molecule has 4 nitrogen and oxygen atoms in total. The van der Waals surface area contributed by atoms with Crippen LogP contribution < -0.4 is 11.1 Å². The van der Waals surface area contributed by atoms with Crippen LogP contribution in [-0.2, 0) is 10.2 Å². The topological polar surface area (TPSA) is 72.2 Å². The van der Waals surface area contributed by atoms with Crippen LogP contribution in [0.15, 0.2) is 24.3 Å². The molecule has 0 fully saturated rings. The van der Waals surface area contributed by atoms with E-state index in [4.69, 9.17) is 12.2 Å². The third kappa shape index (κ3) is 5.25. The predicted octanol–water partition coefficient (Wildman–Crippen LogP) is 2.37. The molecule has 1 atom stereocenters. The Labute approximate surface area is 132 Å². The van der Waals surface area contributed by atoms with Crippen molar-refractivity contribution in [3.63, 3.8) is 0 Å². The van der Waals surface area contributed by atoms with Crippen LogP contribution >= 0.6 is 0 Å². The number of carbonyl (C=O) groups excluding carboxylic acids is 2. The van der Waals surface area contributed by atoms with E-state index in [1.54, 1.807) is 12.1 Å². The molecular formula is C18H24N2O2. The Kier molecular flexibility index (Phi) is 6.18. The normalized spacial score (nSPS) is 12.3. The molecule has 0 heterocycles. The van der Waals surface area contributed by atoms with Gasteiger partial charge in [-0.2, -0.15) is 0 Å². The molecule has 3 N–H and O–H groups in total. The summed E-state index contributed by atoms with van der Waals surface area (Å²) in [5.41, 5.74) is 7.00. The Bertz CT molecular complexity index is 562. The summed E-state index contributed by atoms with van der Waals surface area (Å²) < 4.78 is 0. The molecule has 0 aliphatic carbocycles. The van der Waals surface area contributed by atoms with Crippen molar-refractivity contribution in [3.05, 3.63) is 35.4 Å². The lowest BCUT2D eigenvalue weighted by molar-refractivity contribution is -0.120. The first-order valence-corrected chi connectivity index (χ1v) is 7.40. The van der Waals surface area contributed by atoms with Crippen molar-refractivity contribution in [2.75, 3.05) is 0 Å². The van der Waals surface area contributed by atoms with Crippen LogP contribution in [-0.4, -0.2) is 17.9 Å². The SMILES string of the molecule is C#CCCC[C@@H](NC(=O)c1ccc(C(C)(C)C)cc1)C(N)=O. The highest BCUT2D eigenvalue weighted by Gasteiger charge is 2.19. The van der Waals surface area contributed by atoms with Gasteiger partial charge in [-0.1, -0.05) is 32.9 Å². The molecule has 1 aromatic rings. The van der Waals surface area contributed by atoms with Crippen LogP contribution in [0.5, 0.6) is 0 Å². The largest absolute Gasteiger partial charge is 0.368 e. The molecule has 0 aromatic heterocycles. The second-order valence-corrected chi connectivity index (χ2v) is 6.35. The molecule has 1 rings (SSSR count). The molecular weight excluding hydrogens is 276 g/mol. The molecule has 0 aliphatic rings. The molecule has 22 heavy (non-hydrogen) atoms. The van der Waals surface area contributed by atoms with Gasteiger partial charge in [0.15, 0.2) is 0 Å². The van der Waals surface area contributed by atoms with Gasteiger partial charge in [0.2, 0.25) is 5.91 Å². The Hall–Kier alpha value is -2.28. The van der Waals surface area contributed by atoms with E-state index in [0.717, 1.165) is 5.56 Å². The molecule has 2 amide bonds.